The molecule has 0 rings (SSSR count). The van der Waals surface area contributed by atoms with Crippen molar-refractivity contribution in [3.8, 4) is 0 Å². The van der Waals surface area contributed by atoms with Gasteiger partial charge in [0.05, 0.1) is 0 Å². The van der Waals surface area contributed by atoms with Gasteiger partial charge in [0.15, 0.2) is 0 Å². The average molecular weight is 147 g/mol. The molecule has 0 spiro atoms. The molecule has 0 fully saturated rings. The Bertz CT molecular complexity index is 34.6. The van der Waals surface area contributed by atoms with E-state index in [1.807, 2.05) is 0 Å². The Morgan fingerprint density at radius 3 is 1.80 bits per heavy atom. The summed E-state index contributed by atoms with van der Waals surface area (Å²) in [6.07, 6.45) is 0. The number of hydrogen-bond acceptors (Lipinski definition) is 1. The van der Waals surface area contributed by atoms with E-state index in [0.29, 0.717) is 0 Å². The Balaban J connectivity index is 0. The fourth-order valence-electron chi connectivity index (χ4n) is 0. The first-order chi connectivity index (χ1) is 1.73. The molecule has 3 radical (unpaired) electrons. The number of nitrogens with two attached hydrogens (primary N) is 1. The minimum atomic E-state index is -0.639. The van der Waals surface area contributed by atoms with E-state index in [9.17, 15) is 0 Å². The average Bonchev–Trinajstić information content (AvgIpc) is 0.811. The van der Waals surface area contributed by atoms with Gasteiger partial charge in [-0.05, 0) is 0 Å². The maximum absolute atomic E-state index is 9.09. The van der Waals surface area contributed by atoms with Gasteiger partial charge < -0.3 is 5.73 Å². The van der Waals surface area contributed by atoms with Gasteiger partial charge in [-0.2, -0.15) is 0 Å². The second-order valence-corrected chi connectivity index (χ2v) is 0.779. The molecule has 0 aromatic rings. The summed E-state index contributed by atoms with van der Waals surface area (Å²) < 4.78 is 0. The van der Waals surface area contributed by atoms with E-state index in [0.717, 1.165) is 0 Å². The van der Waals surface area contributed by atoms with E-state index in [1.54, 1.807) is 0 Å². The second kappa shape index (κ2) is 4.46. The zero-order valence-electron chi connectivity index (χ0n) is 2.51. The molecule has 2 N–H and O–H groups in total. The van der Waals surface area contributed by atoms with Crippen LogP contribution >= 0.6 is 12.6 Å². The second-order valence-electron chi connectivity index (χ2n) is 0.338. The van der Waals surface area contributed by atoms with Crippen molar-refractivity contribution in [1.82, 2.24) is 0 Å². The summed E-state index contributed by atoms with van der Waals surface area (Å²) >= 11 is 3.10. The van der Waals surface area contributed by atoms with E-state index < -0.39 is 5.24 Å². The Morgan fingerprint density at radius 2 is 1.80 bits per heavy atom. The normalized spacial score (nSPS) is 5.00. The van der Waals surface area contributed by atoms with E-state index in [2.05, 4.69) is 18.4 Å². The SMILES string of the molecule is NC(=O)S.[Ga]. The molecule has 0 saturated carbocycles. The third-order valence-corrected chi connectivity index (χ3v) is 0. The quantitative estimate of drug-likeness (QED) is 0.355. The molecule has 0 aliphatic rings. The molecule has 1 amide bonds. The summed E-state index contributed by atoms with van der Waals surface area (Å²) in [5.74, 6) is 0. The Kier molecular flexibility index (Phi) is 8.08. The number of primary amides is 1. The first-order valence-corrected chi connectivity index (χ1v) is 1.16. The number of hydrogen-bond donors (Lipinski definition) is 2. The van der Waals surface area contributed by atoms with Crippen LogP contribution in [0.25, 0.3) is 0 Å². The standard InChI is InChI=1S/CH3NOS.Ga/c2-1(3)4;/h(H3,2,3,4);. The van der Waals surface area contributed by atoms with Crippen molar-refractivity contribution in [3.05, 3.63) is 0 Å². The number of rotatable bonds is 0. The third kappa shape index (κ3) is 129. The summed E-state index contributed by atoms with van der Waals surface area (Å²) in [6, 6.07) is 0. The molecule has 2 nitrogen and oxygen atoms in total. The van der Waals surface area contributed by atoms with Crippen LogP contribution in [0, 0.1) is 0 Å². The molecule has 0 aromatic heterocycles. The Morgan fingerprint density at radius 1 is 1.80 bits per heavy atom. The van der Waals surface area contributed by atoms with Gasteiger partial charge in [-0.25, -0.2) is 0 Å². The molecule has 4 heteroatoms. The molecule has 0 aliphatic heterocycles. The van der Waals surface area contributed by atoms with Gasteiger partial charge in [0.1, 0.15) is 0 Å². The zero-order chi connectivity index (χ0) is 3.58. The van der Waals surface area contributed by atoms with Crippen LogP contribution in [0.1, 0.15) is 0 Å². The molecule has 0 aromatic carbocycles. The number of amides is 1. The molecule has 5 heavy (non-hydrogen) atoms. The van der Waals surface area contributed by atoms with Gasteiger partial charge in [-0.3, -0.25) is 4.79 Å². The molecule has 0 aliphatic carbocycles. The smallest absolute Gasteiger partial charge is 0.273 e. The molecular weight excluding hydrogens is 144 g/mol. The van der Waals surface area contributed by atoms with Crippen LogP contribution in [-0.4, -0.2) is 25.0 Å². The predicted molar refractivity (Wildman–Crippen MR) is 24.3 cm³/mol. The number of carbonyl (C=O) groups is 1. The predicted octanol–water partition coefficient (Wildman–Crippen LogP) is -0.386. The van der Waals surface area contributed by atoms with Crippen LogP contribution in [0.4, 0.5) is 4.79 Å². The van der Waals surface area contributed by atoms with Crippen molar-refractivity contribution in [2.24, 2.45) is 5.73 Å². The van der Waals surface area contributed by atoms with Gasteiger partial charge in [0.2, 0.25) is 0 Å². The molecule has 0 heterocycles. The topological polar surface area (TPSA) is 43.1 Å². The maximum atomic E-state index is 9.09. The number of thiol groups is 1. The summed E-state index contributed by atoms with van der Waals surface area (Å²) in [7, 11) is 0. The maximum Gasteiger partial charge on any atom is 0.273 e. The van der Waals surface area contributed by atoms with E-state index in [1.165, 1.54) is 0 Å². The fraction of sp³-hybridized carbons (Fsp3) is 0. The molecular formula is CH3GaNOS. The van der Waals surface area contributed by atoms with Crippen LogP contribution in [0.5, 0.6) is 0 Å². The van der Waals surface area contributed by atoms with Gasteiger partial charge in [-0.15, -0.1) is 0 Å². The van der Waals surface area contributed by atoms with E-state index in [4.69, 9.17) is 4.79 Å². The molecule has 0 bridgehead atoms. The minimum Gasteiger partial charge on any atom is -0.361 e. The van der Waals surface area contributed by atoms with Crippen LogP contribution in [0.15, 0.2) is 0 Å². The third-order valence-electron chi connectivity index (χ3n) is 0. The van der Waals surface area contributed by atoms with Crippen molar-refractivity contribution in [2.45, 2.75) is 0 Å². The zero-order valence-corrected chi connectivity index (χ0v) is 5.83. The van der Waals surface area contributed by atoms with Crippen LogP contribution in [-0.2, 0) is 0 Å². The molecule has 0 saturated heterocycles. The van der Waals surface area contributed by atoms with Crippen molar-refractivity contribution in [1.29, 1.82) is 0 Å². The van der Waals surface area contributed by atoms with Crippen LogP contribution < -0.4 is 5.73 Å². The van der Waals surface area contributed by atoms with Gasteiger partial charge in [0, 0.05) is 19.8 Å². The first kappa shape index (κ1) is 9.07. The Hall–Kier alpha value is 0.456. The van der Waals surface area contributed by atoms with Gasteiger partial charge >= 0.3 is 0 Å². The Labute approximate surface area is 48.6 Å². The summed E-state index contributed by atoms with van der Waals surface area (Å²) in [6.45, 7) is 0. The van der Waals surface area contributed by atoms with Crippen molar-refractivity contribution in [3.63, 3.8) is 0 Å². The monoisotopic (exact) mass is 146 g/mol. The van der Waals surface area contributed by atoms with Crippen molar-refractivity contribution in [2.75, 3.05) is 0 Å². The molecule has 0 atom stereocenters. The van der Waals surface area contributed by atoms with Crippen molar-refractivity contribution >= 4 is 37.7 Å². The fourth-order valence-corrected chi connectivity index (χ4v) is 0. The minimum absolute atomic E-state index is 0. The summed E-state index contributed by atoms with van der Waals surface area (Å²) in [5.41, 5.74) is 4.34. The largest absolute Gasteiger partial charge is 0.361 e. The van der Waals surface area contributed by atoms with Crippen LogP contribution in [0.2, 0.25) is 0 Å². The number of carbonyl (C=O) groups excluding carboxylic acids is 1. The molecule has 27 valence electrons. The summed E-state index contributed by atoms with van der Waals surface area (Å²) in [5, 5.41) is -0.639. The van der Waals surface area contributed by atoms with Gasteiger partial charge in [0.25, 0.3) is 5.24 Å². The van der Waals surface area contributed by atoms with Crippen molar-refractivity contribution < 1.29 is 4.79 Å². The van der Waals surface area contributed by atoms with Crippen LogP contribution in [0.3, 0.4) is 0 Å². The van der Waals surface area contributed by atoms with E-state index in [-0.39, 0.29) is 19.8 Å². The van der Waals surface area contributed by atoms with Gasteiger partial charge in [-0.1, -0.05) is 12.6 Å². The summed E-state index contributed by atoms with van der Waals surface area (Å²) in [4.78, 5) is 9.09. The first-order valence-electron chi connectivity index (χ1n) is 0.716. The van der Waals surface area contributed by atoms with E-state index >= 15 is 0 Å². The molecule has 0 unspecified atom stereocenters.